The van der Waals surface area contributed by atoms with Crippen LogP contribution in [0.1, 0.15) is 73.2 Å². The first kappa shape index (κ1) is 26.0. The Morgan fingerprint density at radius 1 is 0.949 bits per heavy atom. The first-order valence-corrected chi connectivity index (χ1v) is 14.7. The van der Waals surface area contributed by atoms with Crippen molar-refractivity contribution in [3.63, 3.8) is 0 Å². The lowest BCUT2D eigenvalue weighted by Gasteiger charge is -2.44. The predicted octanol–water partition coefficient (Wildman–Crippen LogP) is 6.75. The molecule has 0 amide bonds. The Morgan fingerprint density at radius 2 is 1.67 bits per heavy atom. The van der Waals surface area contributed by atoms with Crippen molar-refractivity contribution >= 4 is 16.9 Å². The van der Waals surface area contributed by atoms with Gasteiger partial charge in [0.15, 0.2) is 0 Å². The summed E-state index contributed by atoms with van der Waals surface area (Å²) in [6.07, 6.45) is 9.84. The average Bonchev–Trinajstić information content (AvgIpc) is 3.26. The zero-order valence-corrected chi connectivity index (χ0v) is 23.2. The van der Waals surface area contributed by atoms with Crippen LogP contribution >= 0.6 is 0 Å². The lowest BCUT2D eigenvalue weighted by molar-refractivity contribution is 0.0697. The summed E-state index contributed by atoms with van der Waals surface area (Å²) in [6, 6.07) is 14.8. The zero-order chi connectivity index (χ0) is 26.9. The number of piperidine rings is 1. The molecule has 2 saturated heterocycles. The second-order valence-corrected chi connectivity index (χ2v) is 11.6. The van der Waals surface area contributed by atoms with Gasteiger partial charge in [0, 0.05) is 30.2 Å². The number of fused-ring (bicyclic) bond motifs is 1. The normalized spacial score (nSPS) is 19.3. The number of aromatic nitrogens is 1. The van der Waals surface area contributed by atoms with E-state index in [1.54, 1.807) is 13.2 Å². The van der Waals surface area contributed by atoms with Crippen LogP contribution in [0.2, 0.25) is 0 Å². The summed E-state index contributed by atoms with van der Waals surface area (Å²) in [6.45, 7) is 9.81. The minimum Gasteiger partial charge on any atom is -0.497 e. The number of hydrogen-bond donors (Lipinski definition) is 1. The molecule has 2 aliphatic heterocycles. The molecule has 0 radical (unpaired) electrons. The minimum atomic E-state index is -0.887. The van der Waals surface area contributed by atoms with Crippen molar-refractivity contribution in [1.29, 1.82) is 0 Å². The second kappa shape index (κ2) is 11.1. The first-order valence-electron chi connectivity index (χ1n) is 14.7. The Kier molecular flexibility index (Phi) is 7.39. The number of carboxylic acid groups (broad SMARTS) is 1. The summed E-state index contributed by atoms with van der Waals surface area (Å²) in [7, 11) is 1.70. The fourth-order valence-corrected chi connectivity index (χ4v) is 7.07. The zero-order valence-electron chi connectivity index (χ0n) is 23.2. The molecule has 1 aliphatic carbocycles. The molecule has 6 nitrogen and oxygen atoms in total. The standard InChI is InChI=1S/C33H41N3O3/c1-23(34-19-15-27(16-20-34)35-17-6-18-35)22-36-30-21-26(33(37)38)11-14-29(30)31(24-7-4-3-5-8-24)32(36)25-9-12-28(39-2)13-10-25/h9-14,21,24,27H,1,3-8,15-20,22H2,2H3,(H,37,38). The molecule has 3 aromatic rings. The number of nitrogens with zero attached hydrogens (tertiary/aromatic N) is 3. The number of likely N-dealkylation sites (tertiary alicyclic amines) is 2. The van der Waals surface area contributed by atoms with Crippen molar-refractivity contribution in [1.82, 2.24) is 14.4 Å². The van der Waals surface area contributed by atoms with E-state index < -0.39 is 5.97 Å². The first-order chi connectivity index (χ1) is 19.0. The Bertz CT molecular complexity index is 1340. The highest BCUT2D eigenvalue weighted by Gasteiger charge is 2.30. The van der Waals surface area contributed by atoms with Gasteiger partial charge in [0.05, 0.1) is 30.4 Å². The van der Waals surface area contributed by atoms with Crippen molar-refractivity contribution < 1.29 is 14.6 Å². The number of carboxylic acids is 1. The van der Waals surface area contributed by atoms with E-state index in [9.17, 15) is 9.90 Å². The Morgan fingerprint density at radius 3 is 2.28 bits per heavy atom. The van der Waals surface area contributed by atoms with E-state index in [2.05, 4.69) is 33.1 Å². The summed E-state index contributed by atoms with van der Waals surface area (Å²) < 4.78 is 7.83. The van der Waals surface area contributed by atoms with Gasteiger partial charge in [0.1, 0.15) is 5.75 Å². The number of methoxy groups -OCH3 is 1. The molecule has 2 aromatic carbocycles. The van der Waals surface area contributed by atoms with Gasteiger partial charge < -0.3 is 24.2 Å². The Hall–Kier alpha value is -3.25. The van der Waals surface area contributed by atoms with Crippen LogP contribution in [-0.4, -0.2) is 64.8 Å². The lowest BCUT2D eigenvalue weighted by atomic mass is 9.81. The quantitative estimate of drug-likeness (QED) is 0.351. The fraction of sp³-hybridized carbons (Fsp3) is 0.485. The number of ether oxygens (including phenoxy) is 1. The van der Waals surface area contributed by atoms with Crippen LogP contribution in [0.3, 0.4) is 0 Å². The highest BCUT2D eigenvalue weighted by atomic mass is 16.5. The minimum absolute atomic E-state index is 0.332. The van der Waals surface area contributed by atoms with Crippen LogP contribution in [0, 0.1) is 0 Å². The van der Waals surface area contributed by atoms with Gasteiger partial charge in [-0.3, -0.25) is 0 Å². The molecule has 39 heavy (non-hydrogen) atoms. The highest BCUT2D eigenvalue weighted by Crippen LogP contribution is 2.45. The van der Waals surface area contributed by atoms with E-state index in [0.29, 0.717) is 24.1 Å². The number of carbonyl (C=O) groups is 1. The van der Waals surface area contributed by atoms with Crippen LogP contribution in [0.4, 0.5) is 0 Å². The van der Waals surface area contributed by atoms with Crippen molar-refractivity contribution in [3.05, 3.63) is 65.9 Å². The Balaban J connectivity index is 1.42. The summed E-state index contributed by atoms with van der Waals surface area (Å²) in [5, 5.41) is 11.0. The molecule has 0 unspecified atom stereocenters. The number of allylic oxidation sites excluding steroid dienone is 1. The van der Waals surface area contributed by atoms with Gasteiger partial charge in [-0.25, -0.2) is 4.79 Å². The number of aromatic carboxylic acids is 1. The van der Waals surface area contributed by atoms with Crippen molar-refractivity contribution in [3.8, 4) is 17.0 Å². The molecular formula is C33H41N3O3. The second-order valence-electron chi connectivity index (χ2n) is 11.6. The van der Waals surface area contributed by atoms with Crippen LogP contribution in [-0.2, 0) is 6.54 Å². The summed E-state index contributed by atoms with van der Waals surface area (Å²) in [5.41, 5.74) is 6.17. The largest absolute Gasteiger partial charge is 0.497 e. The molecule has 0 spiro atoms. The van der Waals surface area contributed by atoms with Gasteiger partial charge >= 0.3 is 5.97 Å². The van der Waals surface area contributed by atoms with Crippen LogP contribution in [0.5, 0.6) is 5.75 Å². The highest BCUT2D eigenvalue weighted by molar-refractivity contribution is 5.98. The molecule has 6 rings (SSSR count). The van der Waals surface area contributed by atoms with Crippen molar-refractivity contribution in [2.24, 2.45) is 0 Å². The van der Waals surface area contributed by atoms with E-state index in [-0.39, 0.29) is 0 Å². The van der Waals surface area contributed by atoms with Crippen LogP contribution in [0.25, 0.3) is 22.2 Å². The molecule has 1 aromatic heterocycles. The molecular weight excluding hydrogens is 486 g/mol. The van der Waals surface area contributed by atoms with Gasteiger partial charge in [-0.15, -0.1) is 0 Å². The molecule has 6 heteroatoms. The molecule has 3 heterocycles. The monoisotopic (exact) mass is 527 g/mol. The third kappa shape index (κ3) is 5.07. The molecule has 0 atom stereocenters. The average molecular weight is 528 g/mol. The van der Waals surface area contributed by atoms with Crippen molar-refractivity contribution in [2.75, 3.05) is 33.3 Å². The van der Waals surface area contributed by atoms with Crippen molar-refractivity contribution in [2.45, 2.75) is 69.9 Å². The maximum absolute atomic E-state index is 12.0. The maximum Gasteiger partial charge on any atom is 0.335 e. The summed E-state index contributed by atoms with van der Waals surface area (Å²) >= 11 is 0. The SMILES string of the molecule is C=C(Cn1c(-c2ccc(OC)cc2)c(C2CCCCC2)c2ccc(C(=O)O)cc21)N1CCC(N2CCC2)CC1. The van der Waals surface area contributed by atoms with Gasteiger partial charge in [0.2, 0.25) is 0 Å². The van der Waals surface area contributed by atoms with Crippen LogP contribution < -0.4 is 4.74 Å². The van der Waals surface area contributed by atoms with E-state index in [0.717, 1.165) is 35.6 Å². The molecule has 0 bridgehead atoms. The van der Waals surface area contributed by atoms with E-state index >= 15 is 0 Å². The summed E-state index contributed by atoms with van der Waals surface area (Å²) in [5.74, 6) is 0.417. The van der Waals surface area contributed by atoms with Gasteiger partial charge in [-0.05, 0) is 98.6 Å². The van der Waals surface area contributed by atoms with E-state index in [1.165, 1.54) is 81.1 Å². The molecule has 206 valence electrons. The predicted molar refractivity (Wildman–Crippen MR) is 157 cm³/mol. The van der Waals surface area contributed by atoms with Gasteiger partial charge in [0.25, 0.3) is 0 Å². The smallest absolute Gasteiger partial charge is 0.335 e. The van der Waals surface area contributed by atoms with Gasteiger partial charge in [-0.2, -0.15) is 0 Å². The number of rotatable bonds is 8. The molecule has 3 aliphatic rings. The van der Waals surface area contributed by atoms with E-state index in [1.807, 2.05) is 24.3 Å². The maximum atomic E-state index is 12.0. The lowest BCUT2D eigenvalue weighted by Crippen LogP contribution is -2.50. The number of benzene rings is 2. The molecule has 1 N–H and O–H groups in total. The fourth-order valence-electron chi connectivity index (χ4n) is 7.07. The third-order valence-electron chi connectivity index (χ3n) is 9.39. The summed E-state index contributed by atoms with van der Waals surface area (Å²) in [4.78, 5) is 17.1. The Labute approximate surface area is 231 Å². The van der Waals surface area contributed by atoms with E-state index in [4.69, 9.17) is 4.74 Å². The molecule has 1 saturated carbocycles. The third-order valence-corrected chi connectivity index (χ3v) is 9.39. The van der Waals surface area contributed by atoms with Crippen LogP contribution in [0.15, 0.2) is 54.7 Å². The number of hydrogen-bond acceptors (Lipinski definition) is 4. The topological polar surface area (TPSA) is 57.9 Å². The molecule has 3 fully saturated rings. The van der Waals surface area contributed by atoms with Gasteiger partial charge in [-0.1, -0.05) is 31.9 Å².